The molecule has 0 aliphatic heterocycles. The van der Waals surface area contributed by atoms with Gasteiger partial charge >= 0.3 is 5.88 Å². The maximum Gasteiger partial charge on any atom is 0.433 e. The number of halogens is 1. The maximum absolute atomic E-state index is 12.0. The van der Waals surface area contributed by atoms with E-state index in [-0.39, 0.29) is 12.4 Å². The number of carbonyl (C=O) groups is 1. The number of fused-ring (bicyclic) bond motifs is 1. The van der Waals surface area contributed by atoms with E-state index in [9.17, 15) is 14.9 Å². The number of hydrogen-bond acceptors (Lipinski definition) is 7. The lowest BCUT2D eigenvalue weighted by Gasteiger charge is -2.11. The number of nitro groups is 1. The third-order valence-electron chi connectivity index (χ3n) is 5.55. The van der Waals surface area contributed by atoms with Crippen LogP contribution in [0.1, 0.15) is 5.76 Å². The Balaban J connectivity index is 1.27. The molecular formula is C28H19BrN4O5. The third kappa shape index (κ3) is 5.76. The van der Waals surface area contributed by atoms with Crippen molar-refractivity contribution in [3.05, 3.63) is 111 Å². The van der Waals surface area contributed by atoms with Crippen LogP contribution in [-0.4, -0.2) is 28.6 Å². The van der Waals surface area contributed by atoms with Crippen molar-refractivity contribution in [3.63, 3.8) is 0 Å². The Bertz CT molecular complexity index is 1650. The van der Waals surface area contributed by atoms with Gasteiger partial charge in [-0.1, -0.05) is 46.3 Å². The molecule has 5 rings (SSSR count). The first-order valence-corrected chi connectivity index (χ1v) is 12.2. The van der Waals surface area contributed by atoms with Gasteiger partial charge in [-0.05, 0) is 65.7 Å². The van der Waals surface area contributed by atoms with E-state index in [2.05, 4.69) is 50.7 Å². The fraction of sp³-hybridized carbons (Fsp3) is 0.0357. The molecule has 0 atom stereocenters. The number of nitrogens with zero attached hydrogens (tertiary/aromatic N) is 3. The third-order valence-corrected chi connectivity index (χ3v) is 6.04. The average Bonchev–Trinajstić information content (AvgIpc) is 3.41. The lowest BCUT2D eigenvalue weighted by Crippen LogP contribution is -2.24. The van der Waals surface area contributed by atoms with Gasteiger partial charge in [0.05, 0.1) is 23.5 Å². The zero-order chi connectivity index (χ0) is 26.5. The molecule has 0 aliphatic rings. The molecule has 2 heterocycles. The average molecular weight is 571 g/mol. The molecule has 0 spiro atoms. The van der Waals surface area contributed by atoms with Crippen molar-refractivity contribution < 1.29 is 18.9 Å². The normalized spacial score (nSPS) is 11.1. The smallest absolute Gasteiger partial charge is 0.433 e. The van der Waals surface area contributed by atoms with E-state index in [4.69, 9.17) is 14.1 Å². The molecule has 1 N–H and O–H groups in total. The van der Waals surface area contributed by atoms with Gasteiger partial charge in [0.2, 0.25) is 0 Å². The van der Waals surface area contributed by atoms with Gasteiger partial charge in [0.15, 0.2) is 12.4 Å². The van der Waals surface area contributed by atoms with Crippen LogP contribution in [0.15, 0.2) is 105 Å². The minimum atomic E-state index is -0.660. The first-order chi connectivity index (χ1) is 18.5. The molecule has 0 saturated carbocycles. The maximum atomic E-state index is 12.0. The second kappa shape index (κ2) is 11.1. The Morgan fingerprint density at radius 1 is 1.03 bits per heavy atom. The molecular weight excluding hydrogens is 552 g/mol. The Morgan fingerprint density at radius 3 is 2.55 bits per heavy atom. The number of aromatic nitrogens is 1. The summed E-state index contributed by atoms with van der Waals surface area (Å²) < 4.78 is 11.5. The zero-order valence-corrected chi connectivity index (χ0v) is 21.3. The molecule has 9 nitrogen and oxygen atoms in total. The van der Waals surface area contributed by atoms with Crippen LogP contribution in [0.2, 0.25) is 0 Å². The van der Waals surface area contributed by atoms with Crippen LogP contribution < -0.4 is 10.2 Å². The minimum absolute atomic E-state index is 0.138. The van der Waals surface area contributed by atoms with Gasteiger partial charge in [0, 0.05) is 15.4 Å². The second-order valence-corrected chi connectivity index (χ2v) is 9.04. The monoisotopic (exact) mass is 570 g/mol. The Morgan fingerprint density at radius 2 is 1.82 bits per heavy atom. The number of hydrazone groups is 1. The highest BCUT2D eigenvalue weighted by Gasteiger charge is 2.12. The van der Waals surface area contributed by atoms with Crippen molar-refractivity contribution in [2.45, 2.75) is 0 Å². The van der Waals surface area contributed by atoms with E-state index in [1.165, 1.54) is 18.3 Å². The molecule has 5 aromatic rings. The summed E-state index contributed by atoms with van der Waals surface area (Å²) in [4.78, 5) is 26.9. The first kappa shape index (κ1) is 24.8. The molecule has 38 heavy (non-hydrogen) atoms. The van der Waals surface area contributed by atoms with Gasteiger partial charge in [0.1, 0.15) is 10.7 Å². The highest BCUT2D eigenvalue weighted by molar-refractivity contribution is 9.10. The fourth-order valence-corrected chi connectivity index (χ4v) is 4.14. The summed E-state index contributed by atoms with van der Waals surface area (Å²) >= 11 is 3.56. The molecule has 0 radical (unpaired) electrons. The number of benzene rings is 3. The summed E-state index contributed by atoms with van der Waals surface area (Å²) in [6.07, 6.45) is 1.17. The van der Waals surface area contributed by atoms with Gasteiger partial charge in [-0.2, -0.15) is 5.10 Å². The fourth-order valence-electron chi connectivity index (χ4n) is 3.78. The number of hydrogen-bond donors (Lipinski definition) is 1. The second-order valence-electron chi connectivity index (χ2n) is 8.12. The first-order valence-electron chi connectivity index (χ1n) is 11.4. The summed E-state index contributed by atoms with van der Waals surface area (Å²) in [5.74, 6) is -0.268. The van der Waals surface area contributed by atoms with Gasteiger partial charge in [-0.3, -0.25) is 14.9 Å². The van der Waals surface area contributed by atoms with Gasteiger partial charge in [-0.25, -0.2) is 10.4 Å². The minimum Gasteiger partial charge on any atom is -0.484 e. The quantitative estimate of drug-likeness (QED) is 0.132. The predicted octanol–water partition coefficient (Wildman–Crippen LogP) is 6.36. The SMILES string of the molecule is O=C(COc1ccc(-c2cc(-c3ccccc3)c3cc(Br)ccc3n2)cc1)NN=Cc1ccc([N+](=O)[O-])o1. The van der Waals surface area contributed by atoms with Crippen molar-refractivity contribution in [3.8, 4) is 28.1 Å². The number of furan rings is 1. The van der Waals surface area contributed by atoms with Crippen molar-refractivity contribution >= 4 is 44.8 Å². The number of carbonyl (C=O) groups excluding carboxylic acids is 1. The van der Waals surface area contributed by atoms with Crippen LogP contribution in [0.5, 0.6) is 5.75 Å². The van der Waals surface area contributed by atoms with E-state index in [1.54, 1.807) is 12.1 Å². The zero-order valence-electron chi connectivity index (χ0n) is 19.7. The van der Waals surface area contributed by atoms with E-state index >= 15 is 0 Å². The van der Waals surface area contributed by atoms with Crippen LogP contribution in [0, 0.1) is 10.1 Å². The summed E-state index contributed by atoms with van der Waals surface area (Å²) in [5.41, 5.74) is 7.05. The number of nitrogens with one attached hydrogen (secondary N) is 1. The van der Waals surface area contributed by atoms with E-state index in [0.717, 1.165) is 37.8 Å². The summed E-state index contributed by atoms with van der Waals surface area (Å²) in [6, 6.07) is 28.1. The lowest BCUT2D eigenvalue weighted by atomic mass is 9.98. The molecule has 0 unspecified atom stereocenters. The van der Waals surface area contributed by atoms with Gasteiger partial charge in [0.25, 0.3) is 5.91 Å². The predicted molar refractivity (Wildman–Crippen MR) is 147 cm³/mol. The Hall–Kier alpha value is -4.83. The number of ether oxygens (including phenoxy) is 1. The summed E-state index contributed by atoms with van der Waals surface area (Å²) in [5, 5.41) is 15.4. The topological polar surface area (TPSA) is 120 Å². The molecule has 1 amide bonds. The molecule has 0 fully saturated rings. The summed E-state index contributed by atoms with van der Waals surface area (Å²) in [6.45, 7) is -0.268. The Kier molecular flexibility index (Phi) is 7.23. The van der Waals surface area contributed by atoms with Crippen molar-refractivity contribution in [1.82, 2.24) is 10.4 Å². The van der Waals surface area contributed by atoms with Crippen LogP contribution in [0.4, 0.5) is 5.88 Å². The standard InChI is InChI=1S/C28H19BrN4O5/c29-20-8-12-25-24(14-20)23(18-4-2-1-3-5-18)15-26(31-25)19-6-9-21(10-7-19)37-17-27(34)32-30-16-22-11-13-28(38-22)33(35)36/h1-16H,17H2,(H,32,34). The summed E-state index contributed by atoms with van der Waals surface area (Å²) in [7, 11) is 0. The van der Waals surface area contributed by atoms with Crippen molar-refractivity contribution in [1.29, 1.82) is 0 Å². The van der Waals surface area contributed by atoms with E-state index < -0.39 is 16.7 Å². The van der Waals surface area contributed by atoms with E-state index in [1.807, 2.05) is 42.5 Å². The Labute approximate surface area is 225 Å². The van der Waals surface area contributed by atoms with Gasteiger partial charge < -0.3 is 9.15 Å². The van der Waals surface area contributed by atoms with Crippen LogP contribution in [-0.2, 0) is 4.79 Å². The van der Waals surface area contributed by atoms with Gasteiger partial charge in [-0.15, -0.1) is 0 Å². The van der Waals surface area contributed by atoms with Crippen LogP contribution in [0.3, 0.4) is 0 Å². The highest BCUT2D eigenvalue weighted by Crippen LogP contribution is 2.34. The molecule has 3 aromatic carbocycles. The van der Waals surface area contributed by atoms with Crippen LogP contribution in [0.25, 0.3) is 33.3 Å². The molecule has 10 heteroatoms. The highest BCUT2D eigenvalue weighted by atomic mass is 79.9. The molecule has 0 aliphatic carbocycles. The molecule has 188 valence electrons. The number of pyridine rings is 1. The van der Waals surface area contributed by atoms with E-state index in [0.29, 0.717) is 5.75 Å². The molecule has 2 aromatic heterocycles. The number of rotatable bonds is 8. The van der Waals surface area contributed by atoms with Crippen molar-refractivity contribution in [2.75, 3.05) is 6.61 Å². The number of amides is 1. The molecule has 0 saturated heterocycles. The molecule has 0 bridgehead atoms. The largest absolute Gasteiger partial charge is 0.484 e. The lowest BCUT2D eigenvalue weighted by molar-refractivity contribution is -0.402. The van der Waals surface area contributed by atoms with Crippen molar-refractivity contribution in [2.24, 2.45) is 5.10 Å². The van der Waals surface area contributed by atoms with Crippen LogP contribution >= 0.6 is 15.9 Å².